The van der Waals surface area contributed by atoms with Crippen LogP contribution in [0.15, 0.2) is 23.0 Å². The van der Waals surface area contributed by atoms with E-state index in [2.05, 4.69) is 10.6 Å². The van der Waals surface area contributed by atoms with Crippen molar-refractivity contribution in [1.82, 2.24) is 10.2 Å². The van der Waals surface area contributed by atoms with E-state index in [1.165, 1.54) is 4.90 Å². The maximum Gasteiger partial charge on any atom is 0.261 e. The van der Waals surface area contributed by atoms with Crippen LogP contribution in [-0.4, -0.2) is 178 Å². The quantitative estimate of drug-likeness (QED) is 0.0866. The number of aromatic hydroxyl groups is 1. The number of ketones is 2. The molecule has 0 aliphatic heterocycles. The first-order chi connectivity index (χ1) is 27.3. The number of primary amides is 1. The fourth-order valence-electron chi connectivity index (χ4n) is 6.33. The summed E-state index contributed by atoms with van der Waals surface area (Å²) in [5, 5.41) is 51.3. The van der Waals surface area contributed by atoms with E-state index in [0.29, 0.717) is 36.3 Å². The summed E-state index contributed by atoms with van der Waals surface area (Å²) in [6, 6.07) is 0.409. The van der Waals surface area contributed by atoms with E-state index in [9.17, 15) is 73.3 Å². The molecule has 1 fully saturated rings. The second-order valence-corrected chi connectivity index (χ2v) is 21.4. The van der Waals surface area contributed by atoms with Gasteiger partial charge in [-0.15, -0.1) is 0 Å². The maximum absolute atomic E-state index is 14.0. The zero-order valence-electron chi connectivity index (χ0n) is 35.5. The number of aliphatic hydroxyl groups is 3. The van der Waals surface area contributed by atoms with Crippen LogP contribution in [0.2, 0.25) is 0 Å². The number of likely N-dealkylation sites (N-methyl/N-ethyl adjacent to an activating group) is 1. The van der Waals surface area contributed by atoms with Gasteiger partial charge in [-0.2, -0.15) is 33.7 Å². The lowest BCUT2D eigenvalue weighted by Gasteiger charge is -2.50. The number of carbonyl (C=O) groups is 4. The summed E-state index contributed by atoms with van der Waals surface area (Å²) in [6.07, 6.45) is 2.98. The highest BCUT2D eigenvalue weighted by Crippen LogP contribution is 2.54. The van der Waals surface area contributed by atoms with Gasteiger partial charge in [0.1, 0.15) is 22.8 Å². The number of benzene rings is 1. The lowest BCUT2D eigenvalue weighted by Crippen LogP contribution is -2.65. The van der Waals surface area contributed by atoms with Crippen molar-refractivity contribution >= 4 is 81.0 Å². The number of phenolic OH excluding ortho intramolecular Hbond substituents is 1. The van der Waals surface area contributed by atoms with Crippen molar-refractivity contribution in [1.29, 1.82) is 0 Å². The number of fused-ring (bicyclic) bond motifs is 3. The van der Waals surface area contributed by atoms with E-state index in [1.807, 2.05) is 20.8 Å². The van der Waals surface area contributed by atoms with Gasteiger partial charge in [0.2, 0.25) is 11.7 Å². The van der Waals surface area contributed by atoms with Gasteiger partial charge in [-0.25, -0.2) is 0 Å². The highest BCUT2D eigenvalue weighted by molar-refractivity contribution is 7.85. The van der Waals surface area contributed by atoms with Crippen molar-refractivity contribution in [3.63, 3.8) is 0 Å². The predicted molar refractivity (Wildman–Crippen MR) is 225 cm³/mol. The molecule has 0 heterocycles. The molecule has 4 rings (SSSR count). The molecule has 1 aromatic carbocycles. The third-order valence-electron chi connectivity index (χ3n) is 8.23. The Morgan fingerprint density at radius 2 is 1.26 bits per heavy atom. The average Bonchev–Trinajstić information content (AvgIpc) is 2.99. The number of nitrogens with two attached hydrogens (primary N) is 1. The van der Waals surface area contributed by atoms with E-state index >= 15 is 0 Å². The Bertz CT molecular complexity index is 2270. The minimum atomic E-state index is -3.67. The summed E-state index contributed by atoms with van der Waals surface area (Å²) in [5.41, 5.74) is 2.11. The van der Waals surface area contributed by atoms with E-state index in [-0.39, 0.29) is 41.7 Å². The lowest BCUT2D eigenvalue weighted by atomic mass is 9.57. The highest BCUT2D eigenvalue weighted by Gasteiger charge is 2.64. The van der Waals surface area contributed by atoms with Gasteiger partial charge in [0.15, 0.2) is 11.4 Å². The number of hydrogen-bond donors (Lipinski definition) is 11. The van der Waals surface area contributed by atoms with Crippen LogP contribution in [0.1, 0.15) is 38.3 Å². The Hall–Kier alpha value is -4.30. The molecule has 0 radical (unpaired) electrons. The lowest BCUT2D eigenvalue weighted by molar-refractivity contribution is -0.153. The van der Waals surface area contributed by atoms with Crippen LogP contribution >= 0.6 is 0 Å². The molecular formula is C33H55N5O20S4. The van der Waals surface area contributed by atoms with Crippen LogP contribution in [-0.2, 0) is 66.1 Å². The first-order valence-corrected chi connectivity index (χ1v) is 24.7. The molecule has 0 spiro atoms. The predicted octanol–water partition coefficient (Wildman–Crippen LogP) is -1.63. The summed E-state index contributed by atoms with van der Waals surface area (Å²) in [4.78, 5) is 55.3. The van der Waals surface area contributed by atoms with Crippen LogP contribution in [0.3, 0.4) is 0 Å². The van der Waals surface area contributed by atoms with Gasteiger partial charge >= 0.3 is 0 Å². The Morgan fingerprint density at radius 3 is 1.61 bits per heavy atom. The monoisotopic (exact) mass is 969 g/mol. The molecule has 3 aliphatic carbocycles. The molecule has 0 bridgehead atoms. The summed E-state index contributed by atoms with van der Waals surface area (Å²) >= 11 is 0. The number of nitrogens with zero attached hydrogens (tertiary/aromatic N) is 2. The fraction of sp³-hybridized carbons (Fsp3) is 0.576. The van der Waals surface area contributed by atoms with E-state index < -0.39 is 110 Å². The summed E-state index contributed by atoms with van der Waals surface area (Å²) in [5.74, 6) is -7.79. The summed E-state index contributed by atoms with van der Waals surface area (Å²) < 4.78 is 103. The number of amides is 2. The van der Waals surface area contributed by atoms with Gasteiger partial charge in [-0.05, 0) is 65.3 Å². The molecule has 25 nitrogen and oxygen atoms in total. The van der Waals surface area contributed by atoms with Gasteiger partial charge in [0.25, 0.3) is 46.4 Å². The minimum Gasteiger partial charge on any atom is -0.508 e. The van der Waals surface area contributed by atoms with Crippen LogP contribution in [0.4, 0.5) is 11.4 Å². The average molecular weight is 970 g/mol. The third kappa shape index (κ3) is 18.2. The first-order valence-electron chi connectivity index (χ1n) is 17.3. The van der Waals surface area contributed by atoms with Crippen LogP contribution in [0.25, 0.3) is 5.76 Å². The summed E-state index contributed by atoms with van der Waals surface area (Å²) in [7, 11) is -8.09. The third-order valence-corrected chi connectivity index (χ3v) is 8.23. The number of rotatable bonds is 6. The van der Waals surface area contributed by atoms with E-state index in [0.717, 1.165) is 0 Å². The molecule has 0 saturated heterocycles. The second kappa shape index (κ2) is 20.9. The molecule has 0 aromatic heterocycles. The maximum atomic E-state index is 14.0. The number of aliphatic hydroxyl groups excluding tert-OH is 2. The smallest absolute Gasteiger partial charge is 0.261 e. The van der Waals surface area contributed by atoms with Crippen molar-refractivity contribution in [3.05, 3.63) is 34.1 Å². The van der Waals surface area contributed by atoms with Gasteiger partial charge in [-0.3, -0.25) is 42.3 Å². The van der Waals surface area contributed by atoms with Crippen molar-refractivity contribution in [2.45, 2.75) is 50.8 Å². The van der Waals surface area contributed by atoms with Gasteiger partial charge in [0, 0.05) is 36.8 Å². The van der Waals surface area contributed by atoms with E-state index in [1.54, 1.807) is 39.2 Å². The molecule has 1 aromatic rings. The Morgan fingerprint density at radius 1 is 0.839 bits per heavy atom. The standard InChI is InChI=1S/C29H39N5O8.4CH4O3S/c1-28(2,3)31-11-17(35)32-15-10-16(33(4)5)13-8-12-9-14-21(34(6)7)24(38)20(27(30)41)26(40)29(14,42)25(39)18(12)23(37)19(13)22(15)36;4*1-5(2,3)4/h10,12,14,21,31,36-37,40,42H,8-9,11H2,1-7H3,(H2,30,41)(H,32,35);4*1H3,(H,2,3,4). The van der Waals surface area contributed by atoms with Crippen molar-refractivity contribution < 1.29 is 91.5 Å². The molecule has 356 valence electrons. The fourth-order valence-corrected chi connectivity index (χ4v) is 6.33. The van der Waals surface area contributed by atoms with Crippen LogP contribution in [0, 0.1) is 11.8 Å². The Kier molecular flexibility index (Phi) is 19.5. The largest absolute Gasteiger partial charge is 0.508 e. The molecule has 29 heteroatoms. The molecule has 12 N–H and O–H groups in total. The van der Waals surface area contributed by atoms with Gasteiger partial charge in [0.05, 0.1) is 48.9 Å². The Labute approximate surface area is 359 Å². The molecule has 62 heavy (non-hydrogen) atoms. The normalized spacial score (nSPS) is 21.1. The van der Waals surface area contributed by atoms with Gasteiger partial charge < -0.3 is 41.7 Å². The molecular weight excluding hydrogens is 915 g/mol. The highest BCUT2D eigenvalue weighted by atomic mass is 32.2. The Balaban J connectivity index is 0.00000154. The van der Waals surface area contributed by atoms with Crippen LogP contribution in [0.5, 0.6) is 5.75 Å². The number of anilines is 2. The minimum absolute atomic E-state index is 0.00158. The second-order valence-electron chi connectivity index (χ2n) is 15.6. The topological polar surface area (TPSA) is 423 Å². The molecule has 3 aliphatic rings. The zero-order chi connectivity index (χ0) is 49.6. The first kappa shape index (κ1) is 57.7. The number of hydrogen-bond acceptors (Lipinski definition) is 19. The zero-order valence-corrected chi connectivity index (χ0v) is 38.8. The van der Waals surface area contributed by atoms with Crippen molar-refractivity contribution in [2.75, 3.05) is 70.0 Å². The number of Topliss-reactive ketones (excluding diaryl/α,β-unsaturated/α-hetero) is 2. The van der Waals surface area contributed by atoms with Gasteiger partial charge in [-0.1, -0.05) is 0 Å². The SMILES string of the molecule is CN(C)c1cc(NC(=O)CNC(C)(C)C)c(O)c2c1CC1CC3C(N(C)C)C(=O)C(C(N)=O)=C(O)C3(O)C(=O)C1=C2O.CS(=O)(=O)O.CS(=O)(=O)O.CS(=O)(=O)O.CS(=O)(=O)O. The van der Waals surface area contributed by atoms with Crippen molar-refractivity contribution in [2.24, 2.45) is 17.6 Å². The van der Waals surface area contributed by atoms with Crippen molar-refractivity contribution in [3.8, 4) is 5.75 Å². The number of carbonyl (C=O) groups excluding carboxylic acids is 4. The number of nitrogens with one attached hydrogen (secondary N) is 2. The summed E-state index contributed by atoms with van der Waals surface area (Å²) in [6.45, 7) is 5.62. The molecule has 1 saturated carbocycles. The van der Waals surface area contributed by atoms with Crippen LogP contribution < -0.4 is 21.3 Å². The molecule has 4 unspecified atom stereocenters. The molecule has 4 atom stereocenters. The number of phenols is 1. The van der Waals surface area contributed by atoms with E-state index in [4.69, 9.17) is 23.9 Å². The molecule has 2 amide bonds.